The molecular formula is C24H30O4. The zero-order chi connectivity index (χ0) is 20.1. The summed E-state index contributed by atoms with van der Waals surface area (Å²) < 4.78 is 10.1. The van der Waals surface area contributed by atoms with Gasteiger partial charge in [-0.1, -0.05) is 48.4 Å². The van der Waals surface area contributed by atoms with Crippen LogP contribution in [-0.4, -0.2) is 26.2 Å². The van der Waals surface area contributed by atoms with Crippen molar-refractivity contribution in [2.45, 2.75) is 44.9 Å². The average Bonchev–Trinajstić information content (AvgIpc) is 3.15. The van der Waals surface area contributed by atoms with Gasteiger partial charge in [0.1, 0.15) is 0 Å². The molecule has 0 N–H and O–H groups in total. The van der Waals surface area contributed by atoms with E-state index in [9.17, 15) is 9.59 Å². The van der Waals surface area contributed by atoms with Gasteiger partial charge >= 0.3 is 11.9 Å². The van der Waals surface area contributed by atoms with E-state index in [1.807, 2.05) is 24.3 Å². The molecule has 0 unspecified atom stereocenters. The van der Waals surface area contributed by atoms with Gasteiger partial charge < -0.3 is 9.47 Å². The molecule has 2 saturated carbocycles. The minimum Gasteiger partial charge on any atom is -0.468 e. The van der Waals surface area contributed by atoms with E-state index < -0.39 is 17.4 Å². The maximum absolute atomic E-state index is 12.7. The third-order valence-corrected chi connectivity index (χ3v) is 6.42. The highest BCUT2D eigenvalue weighted by molar-refractivity contribution is 6.01. The smallest absolute Gasteiger partial charge is 0.323 e. The topological polar surface area (TPSA) is 52.6 Å². The molecule has 150 valence electrons. The van der Waals surface area contributed by atoms with Gasteiger partial charge in [0.05, 0.1) is 14.2 Å². The molecule has 1 aromatic rings. The van der Waals surface area contributed by atoms with Gasteiger partial charge in [0.2, 0.25) is 0 Å². The number of benzene rings is 1. The molecule has 0 aromatic heterocycles. The number of rotatable bonds is 5. The second-order valence-corrected chi connectivity index (χ2v) is 7.92. The maximum Gasteiger partial charge on any atom is 0.323 e. The monoisotopic (exact) mass is 382 g/mol. The van der Waals surface area contributed by atoms with Crippen LogP contribution < -0.4 is 0 Å². The van der Waals surface area contributed by atoms with Crippen molar-refractivity contribution in [1.29, 1.82) is 0 Å². The minimum atomic E-state index is -1.26. The molecule has 0 spiro atoms. The first kappa shape index (κ1) is 20.4. The molecule has 2 aliphatic carbocycles. The lowest BCUT2D eigenvalue weighted by Crippen LogP contribution is -2.39. The number of esters is 2. The lowest BCUT2D eigenvalue weighted by Gasteiger charge is -2.27. The van der Waals surface area contributed by atoms with Crippen molar-refractivity contribution >= 4 is 17.5 Å². The molecule has 0 bridgehead atoms. The number of carbonyl (C=O) groups excluding carboxylic acids is 2. The lowest BCUT2D eigenvalue weighted by atomic mass is 9.77. The normalized spacial score (nSPS) is 23.7. The molecule has 28 heavy (non-hydrogen) atoms. The van der Waals surface area contributed by atoms with Crippen molar-refractivity contribution in [3.8, 4) is 0 Å². The highest BCUT2D eigenvalue weighted by atomic mass is 16.5. The van der Waals surface area contributed by atoms with Gasteiger partial charge in [-0.15, -0.1) is 6.58 Å². The molecule has 0 heterocycles. The zero-order valence-electron chi connectivity index (χ0n) is 16.9. The molecule has 0 aliphatic heterocycles. The zero-order valence-corrected chi connectivity index (χ0v) is 16.9. The highest BCUT2D eigenvalue weighted by Gasteiger charge is 2.57. The fraction of sp³-hybridized carbons (Fsp3) is 0.500. The predicted molar refractivity (Wildman–Crippen MR) is 109 cm³/mol. The van der Waals surface area contributed by atoms with Crippen LogP contribution in [0.5, 0.6) is 0 Å². The standard InChI is InChI=1S/C24H30O4/c1-4-17-15-24(22(25)27-2,23(26)28-3)16-20(17)21(18-11-7-5-8-12-18)19-13-9-6-10-14-19/h4-5,7-8,11-12,17,20H,1,6,9-10,13-16H2,2-3H3/t17-,20+/m0/s1. The van der Waals surface area contributed by atoms with Gasteiger partial charge in [0, 0.05) is 0 Å². The van der Waals surface area contributed by atoms with Crippen molar-refractivity contribution in [1.82, 2.24) is 0 Å². The predicted octanol–water partition coefficient (Wildman–Crippen LogP) is 4.95. The molecule has 0 saturated heterocycles. The van der Waals surface area contributed by atoms with Crippen molar-refractivity contribution in [3.05, 3.63) is 54.1 Å². The molecule has 3 rings (SSSR count). The number of ether oxygens (including phenoxy) is 2. The van der Waals surface area contributed by atoms with Crippen molar-refractivity contribution < 1.29 is 19.1 Å². The Bertz CT molecular complexity index is 738. The molecule has 0 radical (unpaired) electrons. The summed E-state index contributed by atoms with van der Waals surface area (Å²) in [5, 5.41) is 0. The van der Waals surface area contributed by atoms with Crippen LogP contribution in [0.1, 0.15) is 50.5 Å². The van der Waals surface area contributed by atoms with Crippen LogP contribution in [0.15, 0.2) is 48.6 Å². The number of hydrogen-bond acceptors (Lipinski definition) is 4. The Kier molecular flexibility index (Phi) is 6.38. The van der Waals surface area contributed by atoms with Crippen LogP contribution in [0.2, 0.25) is 0 Å². The van der Waals surface area contributed by atoms with Gasteiger partial charge in [-0.3, -0.25) is 9.59 Å². The van der Waals surface area contributed by atoms with Gasteiger partial charge in [-0.05, 0) is 61.5 Å². The van der Waals surface area contributed by atoms with Crippen LogP contribution >= 0.6 is 0 Å². The summed E-state index contributed by atoms with van der Waals surface area (Å²) in [6.45, 7) is 4.02. The highest BCUT2D eigenvalue weighted by Crippen LogP contribution is 2.54. The van der Waals surface area contributed by atoms with Crippen LogP contribution in [-0.2, 0) is 19.1 Å². The molecule has 0 amide bonds. The van der Waals surface area contributed by atoms with E-state index in [1.54, 1.807) is 0 Å². The molecular weight excluding hydrogens is 352 g/mol. The van der Waals surface area contributed by atoms with Gasteiger partial charge in [0.25, 0.3) is 0 Å². The second-order valence-electron chi connectivity index (χ2n) is 7.92. The minimum absolute atomic E-state index is 0.0165. The first-order chi connectivity index (χ1) is 13.6. The van der Waals surface area contributed by atoms with Crippen molar-refractivity contribution in [3.63, 3.8) is 0 Å². The number of hydrogen-bond donors (Lipinski definition) is 0. The third-order valence-electron chi connectivity index (χ3n) is 6.42. The van der Waals surface area contributed by atoms with E-state index in [-0.39, 0.29) is 11.8 Å². The van der Waals surface area contributed by atoms with E-state index in [4.69, 9.17) is 9.47 Å². The second kappa shape index (κ2) is 8.76. The Labute approximate surface area is 167 Å². The number of allylic oxidation sites excluding steroid dienone is 3. The Balaban J connectivity index is 2.10. The molecule has 2 atom stereocenters. The Morgan fingerprint density at radius 3 is 2.14 bits per heavy atom. The van der Waals surface area contributed by atoms with E-state index >= 15 is 0 Å². The summed E-state index contributed by atoms with van der Waals surface area (Å²) in [5.41, 5.74) is 2.67. The number of methoxy groups -OCH3 is 2. The van der Waals surface area contributed by atoms with E-state index in [1.165, 1.54) is 50.2 Å². The van der Waals surface area contributed by atoms with E-state index in [2.05, 4.69) is 18.7 Å². The Morgan fingerprint density at radius 1 is 1.00 bits per heavy atom. The van der Waals surface area contributed by atoms with Crippen LogP contribution in [0.3, 0.4) is 0 Å². The molecule has 4 heteroatoms. The molecule has 2 aliphatic rings. The fourth-order valence-electron chi connectivity index (χ4n) is 5.07. The van der Waals surface area contributed by atoms with E-state index in [0.717, 1.165) is 12.8 Å². The summed E-state index contributed by atoms with van der Waals surface area (Å²) in [6, 6.07) is 10.4. The van der Waals surface area contributed by atoms with Gasteiger partial charge in [0.15, 0.2) is 5.41 Å². The average molecular weight is 383 g/mol. The molecule has 2 fully saturated rings. The van der Waals surface area contributed by atoms with Crippen molar-refractivity contribution in [2.24, 2.45) is 17.3 Å². The van der Waals surface area contributed by atoms with Gasteiger partial charge in [-0.25, -0.2) is 0 Å². The van der Waals surface area contributed by atoms with Crippen LogP contribution in [0.25, 0.3) is 5.57 Å². The third kappa shape index (κ3) is 3.65. The Hall–Kier alpha value is -2.36. The summed E-state index contributed by atoms with van der Waals surface area (Å²) in [5.74, 6) is -0.946. The fourth-order valence-corrected chi connectivity index (χ4v) is 5.07. The van der Waals surface area contributed by atoms with Crippen molar-refractivity contribution in [2.75, 3.05) is 14.2 Å². The summed E-state index contributed by atoms with van der Waals surface area (Å²) in [6.07, 6.45) is 8.47. The summed E-state index contributed by atoms with van der Waals surface area (Å²) >= 11 is 0. The first-order valence-electron chi connectivity index (χ1n) is 10.1. The summed E-state index contributed by atoms with van der Waals surface area (Å²) in [7, 11) is 2.67. The lowest BCUT2D eigenvalue weighted by molar-refractivity contribution is -0.168. The quantitative estimate of drug-likeness (QED) is 0.411. The van der Waals surface area contributed by atoms with Gasteiger partial charge in [-0.2, -0.15) is 0 Å². The maximum atomic E-state index is 12.7. The largest absolute Gasteiger partial charge is 0.468 e. The van der Waals surface area contributed by atoms with E-state index in [0.29, 0.717) is 12.8 Å². The van der Waals surface area contributed by atoms with Crippen LogP contribution in [0.4, 0.5) is 0 Å². The Morgan fingerprint density at radius 2 is 1.61 bits per heavy atom. The molecule has 1 aromatic carbocycles. The molecule has 4 nitrogen and oxygen atoms in total. The number of carbonyl (C=O) groups is 2. The SMILES string of the molecule is C=C[C@H]1CC(C(=O)OC)(C(=O)OC)C[C@H]1C(=C1CCCCC1)c1ccccc1. The summed E-state index contributed by atoms with van der Waals surface area (Å²) in [4.78, 5) is 25.4. The first-order valence-corrected chi connectivity index (χ1v) is 10.1. The van der Waals surface area contributed by atoms with Crippen LogP contribution in [0, 0.1) is 17.3 Å².